The highest BCUT2D eigenvalue weighted by Crippen LogP contribution is 2.29. The Hall–Kier alpha value is -1.29. The van der Waals surface area contributed by atoms with Gasteiger partial charge >= 0.3 is 5.97 Å². The van der Waals surface area contributed by atoms with E-state index in [4.69, 9.17) is 9.52 Å². The van der Waals surface area contributed by atoms with Crippen LogP contribution in [0.25, 0.3) is 0 Å². The Morgan fingerprint density at radius 2 is 2.13 bits per heavy atom. The summed E-state index contributed by atoms with van der Waals surface area (Å²) in [4.78, 5) is 10.6. The van der Waals surface area contributed by atoms with Gasteiger partial charge < -0.3 is 14.6 Å². The quantitative estimate of drug-likeness (QED) is 0.802. The highest BCUT2D eigenvalue weighted by Gasteiger charge is 2.28. The Morgan fingerprint density at radius 1 is 1.53 bits per heavy atom. The molecule has 84 valence electrons. The number of furan rings is 1. The van der Waals surface area contributed by atoms with E-state index in [1.807, 2.05) is 13.8 Å². The van der Waals surface area contributed by atoms with E-state index < -0.39 is 11.6 Å². The van der Waals surface area contributed by atoms with Crippen LogP contribution in [0, 0.1) is 5.92 Å². The predicted octanol–water partition coefficient (Wildman–Crippen LogP) is 2.23. The van der Waals surface area contributed by atoms with Crippen molar-refractivity contribution in [2.24, 2.45) is 5.92 Å². The molecule has 1 heterocycles. The van der Waals surface area contributed by atoms with E-state index >= 15 is 0 Å². The monoisotopic (exact) mass is 212 g/mol. The maximum atomic E-state index is 10.6. The topological polar surface area (TPSA) is 70.7 Å². The molecule has 0 radical (unpaired) electrons. The summed E-state index contributed by atoms with van der Waals surface area (Å²) in [6.07, 6.45) is 0.527. The molecule has 0 amide bonds. The van der Waals surface area contributed by atoms with Gasteiger partial charge in [0.15, 0.2) is 0 Å². The molecule has 0 fully saturated rings. The number of carboxylic acid groups (broad SMARTS) is 1. The summed E-state index contributed by atoms with van der Waals surface area (Å²) >= 11 is 0. The van der Waals surface area contributed by atoms with E-state index in [1.165, 1.54) is 12.1 Å². The minimum atomic E-state index is -1.12. The number of hydrogen-bond acceptors (Lipinski definition) is 3. The van der Waals surface area contributed by atoms with Gasteiger partial charge in [-0.2, -0.15) is 0 Å². The summed E-state index contributed by atoms with van der Waals surface area (Å²) in [7, 11) is 0. The van der Waals surface area contributed by atoms with Crippen molar-refractivity contribution in [1.29, 1.82) is 0 Å². The van der Waals surface area contributed by atoms with Crippen molar-refractivity contribution in [3.63, 3.8) is 0 Å². The van der Waals surface area contributed by atoms with E-state index in [-0.39, 0.29) is 5.76 Å². The molecule has 0 saturated carbocycles. The van der Waals surface area contributed by atoms with E-state index in [9.17, 15) is 9.90 Å². The molecule has 0 aliphatic heterocycles. The molecule has 1 rings (SSSR count). The van der Waals surface area contributed by atoms with Crippen LogP contribution in [0.1, 0.15) is 43.5 Å². The van der Waals surface area contributed by atoms with E-state index in [1.54, 1.807) is 6.92 Å². The first-order valence-electron chi connectivity index (χ1n) is 4.89. The molecule has 15 heavy (non-hydrogen) atoms. The van der Waals surface area contributed by atoms with E-state index in [0.29, 0.717) is 18.1 Å². The lowest BCUT2D eigenvalue weighted by atomic mass is 9.92. The van der Waals surface area contributed by atoms with Crippen molar-refractivity contribution in [3.8, 4) is 0 Å². The number of carbonyl (C=O) groups is 1. The standard InChI is InChI=1S/C11H16O4/c1-7(2)6-11(3,14)9-5-4-8(15-9)10(12)13/h4-5,7,14H,6H2,1-3H3,(H,12,13). The van der Waals surface area contributed by atoms with Crippen molar-refractivity contribution in [2.75, 3.05) is 0 Å². The molecule has 0 aliphatic rings. The second-order valence-electron chi connectivity index (χ2n) is 4.34. The van der Waals surface area contributed by atoms with Crippen molar-refractivity contribution in [3.05, 3.63) is 23.7 Å². The van der Waals surface area contributed by atoms with Gasteiger partial charge in [0.05, 0.1) is 0 Å². The van der Waals surface area contributed by atoms with Crippen molar-refractivity contribution in [1.82, 2.24) is 0 Å². The smallest absolute Gasteiger partial charge is 0.371 e. The fraction of sp³-hybridized carbons (Fsp3) is 0.545. The third-order valence-electron chi connectivity index (χ3n) is 2.15. The molecule has 1 atom stereocenters. The van der Waals surface area contributed by atoms with Crippen LogP contribution in [0.4, 0.5) is 0 Å². The number of hydrogen-bond donors (Lipinski definition) is 2. The van der Waals surface area contributed by atoms with Gasteiger partial charge in [-0.25, -0.2) is 4.79 Å². The zero-order chi connectivity index (χ0) is 11.6. The molecule has 0 bridgehead atoms. The first-order valence-corrected chi connectivity index (χ1v) is 4.89. The second-order valence-corrected chi connectivity index (χ2v) is 4.34. The number of aliphatic hydroxyl groups is 1. The Morgan fingerprint density at radius 3 is 2.53 bits per heavy atom. The van der Waals surface area contributed by atoms with Gasteiger partial charge in [-0.05, 0) is 31.4 Å². The Bertz CT molecular complexity index is 349. The third-order valence-corrected chi connectivity index (χ3v) is 2.15. The maximum Gasteiger partial charge on any atom is 0.371 e. The van der Waals surface area contributed by atoms with Crippen molar-refractivity contribution in [2.45, 2.75) is 32.8 Å². The van der Waals surface area contributed by atoms with Gasteiger partial charge in [-0.1, -0.05) is 13.8 Å². The van der Waals surface area contributed by atoms with Crippen LogP contribution >= 0.6 is 0 Å². The zero-order valence-corrected chi connectivity index (χ0v) is 9.15. The first-order chi connectivity index (χ1) is 6.83. The zero-order valence-electron chi connectivity index (χ0n) is 9.15. The largest absolute Gasteiger partial charge is 0.475 e. The lowest BCUT2D eigenvalue weighted by Crippen LogP contribution is -2.22. The Kier molecular flexibility index (Phi) is 3.19. The van der Waals surface area contributed by atoms with Gasteiger partial charge in [0, 0.05) is 0 Å². The molecule has 4 nitrogen and oxygen atoms in total. The van der Waals surface area contributed by atoms with Crippen LogP contribution in [0.3, 0.4) is 0 Å². The maximum absolute atomic E-state index is 10.6. The molecule has 2 N–H and O–H groups in total. The predicted molar refractivity (Wildman–Crippen MR) is 54.7 cm³/mol. The molecule has 1 aromatic heterocycles. The van der Waals surface area contributed by atoms with Gasteiger partial charge in [0.2, 0.25) is 5.76 Å². The van der Waals surface area contributed by atoms with Gasteiger partial charge in [0.1, 0.15) is 11.4 Å². The van der Waals surface area contributed by atoms with Gasteiger partial charge in [0.25, 0.3) is 0 Å². The van der Waals surface area contributed by atoms with E-state index in [2.05, 4.69) is 0 Å². The summed E-state index contributed by atoms with van der Waals surface area (Å²) in [5.41, 5.74) is -1.11. The third kappa shape index (κ3) is 2.83. The van der Waals surface area contributed by atoms with Crippen LogP contribution in [0.15, 0.2) is 16.5 Å². The molecule has 0 aromatic carbocycles. The minimum Gasteiger partial charge on any atom is -0.475 e. The number of carboxylic acids is 1. The average Bonchev–Trinajstić information content (AvgIpc) is 2.48. The first kappa shape index (κ1) is 11.8. The molecular weight excluding hydrogens is 196 g/mol. The molecule has 4 heteroatoms. The van der Waals surface area contributed by atoms with Crippen LogP contribution in [-0.4, -0.2) is 16.2 Å². The summed E-state index contributed by atoms with van der Waals surface area (Å²) in [6.45, 7) is 5.59. The summed E-state index contributed by atoms with van der Waals surface area (Å²) < 4.78 is 5.06. The fourth-order valence-corrected chi connectivity index (χ4v) is 1.64. The normalized spacial score (nSPS) is 15.3. The Balaban J connectivity index is 2.90. The molecule has 1 aromatic rings. The summed E-state index contributed by atoms with van der Waals surface area (Å²) in [5, 5.41) is 18.7. The highest BCUT2D eigenvalue weighted by atomic mass is 16.4. The lowest BCUT2D eigenvalue weighted by Gasteiger charge is -2.22. The molecule has 1 unspecified atom stereocenters. The van der Waals surface area contributed by atoms with E-state index in [0.717, 1.165) is 0 Å². The van der Waals surface area contributed by atoms with Gasteiger partial charge in [-0.15, -0.1) is 0 Å². The average molecular weight is 212 g/mol. The van der Waals surface area contributed by atoms with Crippen molar-refractivity contribution >= 4 is 5.97 Å². The molecular formula is C11H16O4. The van der Waals surface area contributed by atoms with Crippen LogP contribution in [-0.2, 0) is 5.60 Å². The second kappa shape index (κ2) is 4.06. The Labute approximate surface area is 88.5 Å². The lowest BCUT2D eigenvalue weighted by molar-refractivity contribution is 0.0120. The summed E-state index contributed by atoms with van der Waals surface area (Å²) in [5.74, 6) is -0.664. The van der Waals surface area contributed by atoms with Gasteiger partial charge in [-0.3, -0.25) is 0 Å². The van der Waals surface area contributed by atoms with Crippen LogP contribution in [0.5, 0.6) is 0 Å². The number of rotatable bonds is 4. The number of aromatic carboxylic acids is 1. The highest BCUT2D eigenvalue weighted by molar-refractivity contribution is 5.84. The molecule has 0 saturated heterocycles. The molecule has 0 spiro atoms. The molecule has 0 aliphatic carbocycles. The SMILES string of the molecule is CC(C)CC(C)(O)c1ccc(C(=O)O)o1. The minimum absolute atomic E-state index is 0.144. The summed E-state index contributed by atoms with van der Waals surface area (Å²) in [6, 6.07) is 2.86. The van der Waals surface area contributed by atoms with Crippen molar-refractivity contribution < 1.29 is 19.4 Å². The van der Waals surface area contributed by atoms with Crippen LogP contribution < -0.4 is 0 Å². The fourth-order valence-electron chi connectivity index (χ4n) is 1.64. The van der Waals surface area contributed by atoms with Crippen LogP contribution in [0.2, 0.25) is 0 Å².